The third-order valence-corrected chi connectivity index (χ3v) is 8.35. The van der Waals surface area contributed by atoms with E-state index in [2.05, 4.69) is 30.3 Å². The summed E-state index contributed by atoms with van der Waals surface area (Å²) in [6, 6.07) is 35.5. The van der Waals surface area contributed by atoms with Gasteiger partial charge in [-0.05, 0) is 83.9 Å². The summed E-state index contributed by atoms with van der Waals surface area (Å²) in [4.78, 5) is 0. The van der Waals surface area contributed by atoms with Gasteiger partial charge in [-0.1, -0.05) is 139 Å². The van der Waals surface area contributed by atoms with E-state index in [4.69, 9.17) is 12.6 Å². The lowest BCUT2D eigenvalue weighted by Crippen LogP contribution is -1.92. The average molecular weight is 554 g/mol. The molecule has 0 amide bonds. The smallest absolute Gasteiger partial charge is 0.136 e. The fourth-order valence-electron chi connectivity index (χ4n) is 6.55. The first kappa shape index (κ1) is 18.0. The summed E-state index contributed by atoms with van der Waals surface area (Å²) in [6.45, 7) is 0. The predicted octanol–water partition coefficient (Wildman–Crippen LogP) is 12.0. The van der Waals surface area contributed by atoms with Crippen LogP contribution in [0.2, 0.25) is 0 Å². The first-order chi connectivity index (χ1) is 24.3. The van der Waals surface area contributed by atoms with E-state index in [1.165, 1.54) is 0 Å². The minimum absolute atomic E-state index is 0.0629. The molecule has 1 nitrogen and oxygen atoms in total. The Hall–Kier alpha value is -5.66. The molecule has 9 aromatic rings. The molecule has 0 unspecified atom stereocenters. The molecule has 200 valence electrons. The van der Waals surface area contributed by atoms with E-state index in [1.807, 2.05) is 84.9 Å². The van der Waals surface area contributed by atoms with E-state index in [0.29, 0.717) is 5.56 Å². The van der Waals surface area contributed by atoms with Gasteiger partial charge in [0.1, 0.15) is 11.2 Å². The van der Waals surface area contributed by atoms with Gasteiger partial charge in [0, 0.05) is 10.8 Å². The standard InChI is InChI=1S/C42H26O/c1-2-13-28(14-3-1)37-25-29(26-39-42(37)36-22-10-11-24-38(36)43-39)40-32-18-6-8-20-34(32)41(35-21-9-7-19-33(35)40)31-23-12-16-27-15-4-5-17-30(27)31/h1-26H/i4D,5D,12D,15D,16D,17D,23D. The normalized spacial score (nSPS) is 14.0. The van der Waals surface area contributed by atoms with Gasteiger partial charge in [0.15, 0.2) is 0 Å². The zero-order valence-electron chi connectivity index (χ0n) is 29.9. The third kappa shape index (κ3) is 3.65. The number of para-hydroxylation sites is 1. The molecular formula is C42H26O. The minimum atomic E-state index is -0.473. The Morgan fingerprint density at radius 2 is 1.02 bits per heavy atom. The Balaban J connectivity index is 1.47. The maximum Gasteiger partial charge on any atom is 0.136 e. The highest BCUT2D eigenvalue weighted by Gasteiger charge is 2.20. The van der Waals surface area contributed by atoms with Gasteiger partial charge in [-0.15, -0.1) is 0 Å². The second kappa shape index (κ2) is 9.44. The summed E-state index contributed by atoms with van der Waals surface area (Å²) in [5.41, 5.74) is 6.29. The number of hydrogen-bond acceptors (Lipinski definition) is 1. The lowest BCUT2D eigenvalue weighted by atomic mass is 9.84. The first-order valence-corrected chi connectivity index (χ1v) is 14.2. The largest absolute Gasteiger partial charge is 0.456 e. The minimum Gasteiger partial charge on any atom is -0.456 e. The summed E-state index contributed by atoms with van der Waals surface area (Å²) in [5, 5.41) is 5.31. The van der Waals surface area contributed by atoms with Gasteiger partial charge in [0.2, 0.25) is 0 Å². The molecule has 0 bridgehead atoms. The highest BCUT2D eigenvalue weighted by Crippen LogP contribution is 2.47. The molecule has 0 aliphatic carbocycles. The first-order valence-electron chi connectivity index (χ1n) is 17.7. The van der Waals surface area contributed by atoms with Gasteiger partial charge < -0.3 is 4.42 Å². The van der Waals surface area contributed by atoms with Crippen LogP contribution in [0.25, 0.3) is 87.6 Å². The van der Waals surface area contributed by atoms with Crippen molar-refractivity contribution in [3.63, 3.8) is 0 Å². The highest BCUT2D eigenvalue weighted by atomic mass is 16.3. The Morgan fingerprint density at radius 3 is 1.77 bits per heavy atom. The second-order valence-corrected chi connectivity index (χ2v) is 10.7. The molecule has 0 spiro atoms. The molecule has 0 saturated heterocycles. The van der Waals surface area contributed by atoms with E-state index >= 15 is 0 Å². The molecule has 0 aliphatic rings. The fraction of sp³-hybridized carbons (Fsp3) is 0. The van der Waals surface area contributed by atoms with Crippen molar-refractivity contribution in [2.75, 3.05) is 0 Å². The van der Waals surface area contributed by atoms with Gasteiger partial charge in [0.05, 0.1) is 9.60 Å². The second-order valence-electron chi connectivity index (χ2n) is 10.7. The van der Waals surface area contributed by atoms with Crippen LogP contribution in [0.15, 0.2) is 162 Å². The topological polar surface area (TPSA) is 13.1 Å². The Kier molecular flexibility index (Phi) is 3.95. The average Bonchev–Trinajstić information content (AvgIpc) is 3.53. The van der Waals surface area contributed by atoms with Gasteiger partial charge in [-0.3, -0.25) is 0 Å². The van der Waals surface area contributed by atoms with Crippen molar-refractivity contribution in [3.8, 4) is 33.4 Å². The monoisotopic (exact) mass is 553 g/mol. The van der Waals surface area contributed by atoms with Crippen LogP contribution < -0.4 is 0 Å². The van der Waals surface area contributed by atoms with E-state index in [0.717, 1.165) is 65.7 Å². The third-order valence-electron chi connectivity index (χ3n) is 8.35. The van der Waals surface area contributed by atoms with Gasteiger partial charge in [-0.25, -0.2) is 0 Å². The molecule has 1 heteroatoms. The number of fused-ring (bicyclic) bond motifs is 6. The molecule has 0 atom stereocenters. The van der Waals surface area contributed by atoms with Gasteiger partial charge in [0.25, 0.3) is 0 Å². The van der Waals surface area contributed by atoms with Crippen molar-refractivity contribution in [1.82, 2.24) is 0 Å². The van der Waals surface area contributed by atoms with Crippen LogP contribution >= 0.6 is 0 Å². The molecule has 0 radical (unpaired) electrons. The lowest BCUT2D eigenvalue weighted by Gasteiger charge is -2.19. The van der Waals surface area contributed by atoms with Crippen LogP contribution in [-0.2, 0) is 0 Å². The maximum absolute atomic E-state index is 9.21. The van der Waals surface area contributed by atoms with Crippen molar-refractivity contribution in [1.29, 1.82) is 0 Å². The molecule has 1 heterocycles. The van der Waals surface area contributed by atoms with Crippen LogP contribution in [0.4, 0.5) is 0 Å². The van der Waals surface area contributed by atoms with Crippen LogP contribution in [0, 0.1) is 0 Å². The van der Waals surface area contributed by atoms with E-state index in [-0.39, 0.29) is 28.4 Å². The van der Waals surface area contributed by atoms with Gasteiger partial charge in [-0.2, -0.15) is 0 Å². The summed E-state index contributed by atoms with van der Waals surface area (Å²) in [5.74, 6) is 0. The number of rotatable bonds is 3. The summed E-state index contributed by atoms with van der Waals surface area (Å²) >= 11 is 0. The SMILES string of the molecule is [2H]c1c([2H])c([2H])c2c(-c3c4ccccc4c(-c4cc(-c5ccccc5)c5c(c4)oc4ccccc45)c4ccccc34)c([2H])c([2H])c([2H])c2c1[2H]. The zero-order valence-corrected chi connectivity index (χ0v) is 22.9. The number of hydrogen-bond donors (Lipinski definition) is 0. The molecule has 0 N–H and O–H groups in total. The van der Waals surface area contributed by atoms with Crippen molar-refractivity contribution < 1.29 is 14.0 Å². The van der Waals surface area contributed by atoms with Crippen LogP contribution in [-0.4, -0.2) is 0 Å². The number of furan rings is 1. The molecule has 0 saturated carbocycles. The number of benzene rings is 8. The van der Waals surface area contributed by atoms with Gasteiger partial charge >= 0.3 is 0 Å². The zero-order chi connectivity index (χ0) is 34.4. The van der Waals surface area contributed by atoms with Crippen molar-refractivity contribution in [2.24, 2.45) is 0 Å². The predicted molar refractivity (Wildman–Crippen MR) is 183 cm³/mol. The Morgan fingerprint density at radius 1 is 0.419 bits per heavy atom. The van der Waals surface area contributed by atoms with Crippen molar-refractivity contribution >= 4 is 54.3 Å². The Bertz CT molecular complexity index is 2830. The fourth-order valence-corrected chi connectivity index (χ4v) is 6.55. The van der Waals surface area contributed by atoms with E-state index in [9.17, 15) is 1.37 Å². The van der Waals surface area contributed by atoms with Crippen molar-refractivity contribution in [3.05, 3.63) is 158 Å². The molecule has 0 fully saturated rings. The summed E-state index contributed by atoms with van der Waals surface area (Å²) in [6.07, 6.45) is 0. The maximum atomic E-state index is 9.21. The Labute approximate surface area is 259 Å². The van der Waals surface area contributed by atoms with Crippen LogP contribution in [0.5, 0.6) is 0 Å². The van der Waals surface area contributed by atoms with E-state index in [1.54, 1.807) is 0 Å². The molecule has 8 aromatic carbocycles. The summed E-state index contributed by atoms with van der Waals surface area (Å²) in [7, 11) is 0. The van der Waals surface area contributed by atoms with E-state index < -0.39 is 30.2 Å². The van der Waals surface area contributed by atoms with Crippen LogP contribution in [0.1, 0.15) is 9.60 Å². The molecule has 0 aliphatic heterocycles. The molecular weight excluding hydrogens is 520 g/mol. The molecule has 43 heavy (non-hydrogen) atoms. The van der Waals surface area contributed by atoms with Crippen LogP contribution in [0.3, 0.4) is 0 Å². The van der Waals surface area contributed by atoms with Crippen molar-refractivity contribution in [2.45, 2.75) is 0 Å². The molecule has 9 rings (SSSR count). The highest BCUT2D eigenvalue weighted by molar-refractivity contribution is 6.24. The summed E-state index contributed by atoms with van der Waals surface area (Å²) < 4.78 is 67.7. The lowest BCUT2D eigenvalue weighted by molar-refractivity contribution is 0.669. The quantitative estimate of drug-likeness (QED) is 0.198. The molecule has 1 aromatic heterocycles.